The first-order valence-electron chi connectivity index (χ1n) is 4.45. The van der Waals surface area contributed by atoms with Crippen LogP contribution < -0.4 is 0 Å². The SMILES string of the molecule is C#CCN(CCCCC#N)CC(=O)O. The van der Waals surface area contributed by atoms with Crippen LogP contribution in [0.5, 0.6) is 0 Å². The lowest BCUT2D eigenvalue weighted by Crippen LogP contribution is -2.31. The van der Waals surface area contributed by atoms with Crippen molar-refractivity contribution in [3.8, 4) is 18.4 Å². The van der Waals surface area contributed by atoms with E-state index in [1.807, 2.05) is 6.07 Å². The Labute approximate surface area is 84.1 Å². The van der Waals surface area contributed by atoms with Crippen LogP contribution in [-0.2, 0) is 4.79 Å². The topological polar surface area (TPSA) is 64.3 Å². The van der Waals surface area contributed by atoms with Crippen LogP contribution >= 0.6 is 0 Å². The molecule has 0 aliphatic rings. The average Bonchev–Trinajstić information content (AvgIpc) is 2.12. The summed E-state index contributed by atoms with van der Waals surface area (Å²) >= 11 is 0. The number of nitrogens with zero attached hydrogens (tertiary/aromatic N) is 2. The maximum absolute atomic E-state index is 10.4. The largest absolute Gasteiger partial charge is 0.480 e. The Kier molecular flexibility index (Phi) is 7.22. The van der Waals surface area contributed by atoms with Gasteiger partial charge in [-0.1, -0.05) is 5.92 Å². The molecule has 0 unspecified atom stereocenters. The molecule has 0 aliphatic carbocycles. The molecule has 0 radical (unpaired) electrons. The third kappa shape index (κ3) is 7.15. The van der Waals surface area contributed by atoms with Gasteiger partial charge in [0, 0.05) is 6.42 Å². The molecule has 0 aliphatic heterocycles. The number of carboxylic acid groups (broad SMARTS) is 1. The zero-order valence-electron chi connectivity index (χ0n) is 8.07. The lowest BCUT2D eigenvalue weighted by molar-refractivity contribution is -0.138. The quantitative estimate of drug-likeness (QED) is 0.478. The minimum atomic E-state index is -0.875. The molecule has 0 atom stereocenters. The highest BCUT2D eigenvalue weighted by Crippen LogP contribution is 1.97. The predicted octanol–water partition coefficient (Wildman–Crippen LogP) is 0.700. The fourth-order valence-corrected chi connectivity index (χ4v) is 1.07. The summed E-state index contributed by atoms with van der Waals surface area (Å²) in [5.41, 5.74) is 0. The molecule has 4 heteroatoms. The van der Waals surface area contributed by atoms with E-state index in [-0.39, 0.29) is 6.54 Å². The summed E-state index contributed by atoms with van der Waals surface area (Å²) in [5.74, 6) is 1.54. The van der Waals surface area contributed by atoms with Crippen molar-refractivity contribution < 1.29 is 9.90 Å². The molecule has 0 aromatic carbocycles. The highest BCUT2D eigenvalue weighted by atomic mass is 16.4. The summed E-state index contributed by atoms with van der Waals surface area (Å²) in [6.45, 7) is 0.952. The summed E-state index contributed by atoms with van der Waals surface area (Å²) in [7, 11) is 0. The summed E-state index contributed by atoms with van der Waals surface area (Å²) < 4.78 is 0. The predicted molar refractivity (Wildman–Crippen MR) is 52.4 cm³/mol. The fourth-order valence-electron chi connectivity index (χ4n) is 1.07. The number of hydrogen-bond acceptors (Lipinski definition) is 3. The lowest BCUT2D eigenvalue weighted by Gasteiger charge is -2.16. The van der Waals surface area contributed by atoms with Crippen molar-refractivity contribution in [1.29, 1.82) is 5.26 Å². The standard InChI is InChI=1S/C10H14N2O2/c1-2-7-12(9-10(13)14)8-5-3-4-6-11/h1H,3-5,7-9H2,(H,13,14). The maximum atomic E-state index is 10.4. The van der Waals surface area contributed by atoms with Gasteiger partial charge < -0.3 is 5.11 Å². The van der Waals surface area contributed by atoms with Crippen molar-refractivity contribution in [2.24, 2.45) is 0 Å². The van der Waals surface area contributed by atoms with Gasteiger partial charge in [-0.15, -0.1) is 6.42 Å². The van der Waals surface area contributed by atoms with Gasteiger partial charge in [0.05, 0.1) is 19.2 Å². The minimum Gasteiger partial charge on any atom is -0.480 e. The second kappa shape index (κ2) is 8.10. The van der Waals surface area contributed by atoms with Crippen molar-refractivity contribution >= 4 is 5.97 Å². The van der Waals surface area contributed by atoms with Crippen LogP contribution in [0, 0.1) is 23.7 Å². The van der Waals surface area contributed by atoms with Gasteiger partial charge in [-0.3, -0.25) is 9.69 Å². The Bertz CT molecular complexity index is 250. The molecule has 0 fully saturated rings. The van der Waals surface area contributed by atoms with Gasteiger partial charge in [0.2, 0.25) is 0 Å². The van der Waals surface area contributed by atoms with Gasteiger partial charge in [-0.05, 0) is 19.4 Å². The number of nitriles is 1. The van der Waals surface area contributed by atoms with E-state index in [1.165, 1.54) is 0 Å². The van der Waals surface area contributed by atoms with E-state index in [0.29, 0.717) is 19.5 Å². The first-order chi connectivity index (χ1) is 6.70. The number of terminal acetylenes is 1. The van der Waals surface area contributed by atoms with E-state index < -0.39 is 5.97 Å². The van der Waals surface area contributed by atoms with E-state index in [0.717, 1.165) is 12.8 Å². The van der Waals surface area contributed by atoms with Gasteiger partial charge >= 0.3 is 5.97 Å². The van der Waals surface area contributed by atoms with Crippen LogP contribution in [0.2, 0.25) is 0 Å². The first kappa shape index (κ1) is 12.5. The number of hydrogen-bond donors (Lipinski definition) is 1. The van der Waals surface area contributed by atoms with E-state index in [2.05, 4.69) is 5.92 Å². The molecule has 4 nitrogen and oxygen atoms in total. The molecule has 0 amide bonds. The number of carboxylic acids is 1. The van der Waals surface area contributed by atoms with Crippen molar-refractivity contribution in [2.45, 2.75) is 19.3 Å². The zero-order chi connectivity index (χ0) is 10.8. The molecule has 0 saturated carbocycles. The summed E-state index contributed by atoms with van der Waals surface area (Å²) in [5, 5.41) is 16.8. The van der Waals surface area contributed by atoms with Crippen molar-refractivity contribution in [3.05, 3.63) is 0 Å². The summed E-state index contributed by atoms with van der Waals surface area (Å²) in [6.07, 6.45) is 7.21. The smallest absolute Gasteiger partial charge is 0.317 e. The first-order valence-corrected chi connectivity index (χ1v) is 4.45. The van der Waals surface area contributed by atoms with Crippen molar-refractivity contribution in [3.63, 3.8) is 0 Å². The lowest BCUT2D eigenvalue weighted by atomic mass is 10.2. The maximum Gasteiger partial charge on any atom is 0.317 e. The molecule has 0 aromatic rings. The molecule has 0 rings (SSSR count). The molecular formula is C10H14N2O2. The molecule has 0 heterocycles. The van der Waals surface area contributed by atoms with Gasteiger partial charge in [-0.2, -0.15) is 5.26 Å². The molecule has 0 bridgehead atoms. The Morgan fingerprint density at radius 1 is 1.50 bits per heavy atom. The monoisotopic (exact) mass is 194 g/mol. The van der Waals surface area contributed by atoms with Crippen LogP contribution in [0.3, 0.4) is 0 Å². The van der Waals surface area contributed by atoms with E-state index in [9.17, 15) is 4.79 Å². The van der Waals surface area contributed by atoms with Crippen LogP contribution in [0.4, 0.5) is 0 Å². The average molecular weight is 194 g/mol. The van der Waals surface area contributed by atoms with Gasteiger partial charge in [0.25, 0.3) is 0 Å². The highest BCUT2D eigenvalue weighted by Gasteiger charge is 2.07. The van der Waals surface area contributed by atoms with Crippen molar-refractivity contribution in [2.75, 3.05) is 19.6 Å². The molecule has 0 aromatic heterocycles. The number of rotatable bonds is 7. The Morgan fingerprint density at radius 3 is 2.71 bits per heavy atom. The van der Waals surface area contributed by atoms with Gasteiger partial charge in [-0.25, -0.2) is 0 Å². The van der Waals surface area contributed by atoms with E-state index >= 15 is 0 Å². The van der Waals surface area contributed by atoms with Gasteiger partial charge in [0.15, 0.2) is 0 Å². The Morgan fingerprint density at radius 2 is 2.21 bits per heavy atom. The molecule has 0 spiro atoms. The zero-order valence-corrected chi connectivity index (χ0v) is 8.07. The molecule has 76 valence electrons. The van der Waals surface area contributed by atoms with Crippen LogP contribution in [0.15, 0.2) is 0 Å². The van der Waals surface area contributed by atoms with Crippen molar-refractivity contribution in [1.82, 2.24) is 4.90 Å². The minimum absolute atomic E-state index is 0.0310. The number of unbranched alkanes of at least 4 members (excludes halogenated alkanes) is 2. The Balaban J connectivity index is 3.69. The second-order valence-electron chi connectivity index (χ2n) is 2.92. The van der Waals surface area contributed by atoms with Crippen LogP contribution in [-0.4, -0.2) is 35.6 Å². The third-order valence-corrected chi connectivity index (χ3v) is 1.69. The molecular weight excluding hydrogens is 180 g/mol. The number of aliphatic carboxylic acids is 1. The van der Waals surface area contributed by atoms with Crippen LogP contribution in [0.1, 0.15) is 19.3 Å². The Hall–Kier alpha value is -1.52. The highest BCUT2D eigenvalue weighted by molar-refractivity contribution is 5.69. The molecule has 14 heavy (non-hydrogen) atoms. The van der Waals surface area contributed by atoms with Gasteiger partial charge in [0.1, 0.15) is 0 Å². The summed E-state index contributed by atoms with van der Waals surface area (Å²) in [4.78, 5) is 12.1. The number of carbonyl (C=O) groups is 1. The van der Waals surface area contributed by atoms with E-state index in [4.69, 9.17) is 16.8 Å². The van der Waals surface area contributed by atoms with E-state index in [1.54, 1.807) is 4.90 Å². The third-order valence-electron chi connectivity index (χ3n) is 1.69. The molecule has 0 saturated heterocycles. The molecule has 1 N–H and O–H groups in total. The normalized spacial score (nSPS) is 9.36. The summed E-state index contributed by atoms with van der Waals surface area (Å²) in [6, 6.07) is 2.04. The van der Waals surface area contributed by atoms with Crippen LogP contribution in [0.25, 0.3) is 0 Å². The second-order valence-corrected chi connectivity index (χ2v) is 2.92. The fraction of sp³-hybridized carbons (Fsp3) is 0.600.